The molecule has 0 aromatic carbocycles. The lowest BCUT2D eigenvalue weighted by molar-refractivity contribution is 0.490. The molecule has 2 aromatic heterocycles. The van der Waals surface area contributed by atoms with Crippen LogP contribution in [-0.2, 0) is 0 Å². The lowest BCUT2D eigenvalue weighted by atomic mass is 10.1. The van der Waals surface area contributed by atoms with Crippen LogP contribution in [0.15, 0.2) is 43.0 Å². The van der Waals surface area contributed by atoms with Crippen molar-refractivity contribution in [2.45, 2.75) is 25.9 Å². The van der Waals surface area contributed by atoms with E-state index in [2.05, 4.69) is 22.2 Å². The predicted molar refractivity (Wildman–Crippen MR) is 68.4 cm³/mol. The molecule has 0 amide bonds. The van der Waals surface area contributed by atoms with Crippen LogP contribution < -0.4 is 5.32 Å². The summed E-state index contributed by atoms with van der Waals surface area (Å²) in [7, 11) is 0. The van der Waals surface area contributed by atoms with Crippen molar-refractivity contribution in [1.82, 2.24) is 15.3 Å². The summed E-state index contributed by atoms with van der Waals surface area (Å²) in [5, 5.41) is 3.41. The molecule has 0 bridgehead atoms. The molecule has 0 aliphatic heterocycles. The first-order valence-corrected chi connectivity index (χ1v) is 5.93. The van der Waals surface area contributed by atoms with Crippen LogP contribution in [0.4, 0.5) is 4.39 Å². The van der Waals surface area contributed by atoms with E-state index in [0.717, 1.165) is 11.1 Å². The van der Waals surface area contributed by atoms with Crippen LogP contribution in [0.5, 0.6) is 0 Å². The molecular weight excluding hydrogens is 229 g/mol. The molecule has 2 atom stereocenters. The Morgan fingerprint density at radius 1 is 1.00 bits per heavy atom. The van der Waals surface area contributed by atoms with Crippen LogP contribution in [0.1, 0.15) is 37.1 Å². The normalized spacial score (nSPS) is 14.2. The molecule has 18 heavy (non-hydrogen) atoms. The van der Waals surface area contributed by atoms with Gasteiger partial charge in [0.15, 0.2) is 0 Å². The van der Waals surface area contributed by atoms with Crippen LogP contribution >= 0.6 is 0 Å². The minimum Gasteiger partial charge on any atom is -0.304 e. The van der Waals surface area contributed by atoms with E-state index in [0.29, 0.717) is 0 Å². The second-order valence-corrected chi connectivity index (χ2v) is 4.33. The van der Waals surface area contributed by atoms with Gasteiger partial charge in [-0.2, -0.15) is 0 Å². The fourth-order valence-corrected chi connectivity index (χ4v) is 1.88. The van der Waals surface area contributed by atoms with Gasteiger partial charge in [-0.1, -0.05) is 0 Å². The van der Waals surface area contributed by atoms with Gasteiger partial charge in [-0.15, -0.1) is 0 Å². The largest absolute Gasteiger partial charge is 0.304 e. The van der Waals surface area contributed by atoms with Gasteiger partial charge in [-0.05, 0) is 43.2 Å². The number of hydrogen-bond acceptors (Lipinski definition) is 3. The summed E-state index contributed by atoms with van der Waals surface area (Å²) < 4.78 is 13.1. The van der Waals surface area contributed by atoms with E-state index in [9.17, 15) is 4.39 Å². The van der Waals surface area contributed by atoms with Crippen LogP contribution in [0.25, 0.3) is 0 Å². The molecule has 2 rings (SSSR count). The highest BCUT2D eigenvalue weighted by molar-refractivity contribution is 5.18. The zero-order valence-electron chi connectivity index (χ0n) is 10.5. The molecular formula is C14H16FN3. The quantitative estimate of drug-likeness (QED) is 0.899. The fourth-order valence-electron chi connectivity index (χ4n) is 1.88. The first kappa shape index (κ1) is 12.6. The second-order valence-electron chi connectivity index (χ2n) is 4.33. The Balaban J connectivity index is 2.05. The van der Waals surface area contributed by atoms with Crippen molar-refractivity contribution in [3.63, 3.8) is 0 Å². The lowest BCUT2D eigenvalue weighted by Gasteiger charge is -2.20. The summed E-state index contributed by atoms with van der Waals surface area (Å²) >= 11 is 0. The van der Waals surface area contributed by atoms with E-state index >= 15 is 0 Å². The number of pyridine rings is 2. The van der Waals surface area contributed by atoms with Crippen molar-refractivity contribution in [2.75, 3.05) is 0 Å². The number of nitrogens with one attached hydrogen (secondary N) is 1. The van der Waals surface area contributed by atoms with E-state index in [1.54, 1.807) is 18.6 Å². The van der Waals surface area contributed by atoms with Gasteiger partial charge in [0.2, 0.25) is 0 Å². The number of rotatable bonds is 4. The van der Waals surface area contributed by atoms with Gasteiger partial charge in [0.1, 0.15) is 5.82 Å². The van der Waals surface area contributed by atoms with Crippen LogP contribution in [0.3, 0.4) is 0 Å². The standard InChI is InChI=1S/C14H16FN3/c1-10(12-3-5-16-6-4-12)18-11(2)13-7-14(15)9-17-8-13/h3-11,18H,1-2H3/t10-,11?/m0/s1. The molecule has 94 valence electrons. The summed E-state index contributed by atoms with van der Waals surface area (Å²) in [6.45, 7) is 4.06. The van der Waals surface area contributed by atoms with Gasteiger partial charge >= 0.3 is 0 Å². The minimum atomic E-state index is -0.308. The Bertz CT molecular complexity index is 501. The van der Waals surface area contributed by atoms with Crippen molar-refractivity contribution in [1.29, 1.82) is 0 Å². The first-order valence-electron chi connectivity index (χ1n) is 5.93. The van der Waals surface area contributed by atoms with E-state index < -0.39 is 0 Å². The summed E-state index contributed by atoms with van der Waals surface area (Å²) in [5.74, 6) is -0.308. The highest BCUT2D eigenvalue weighted by Gasteiger charge is 2.11. The molecule has 0 radical (unpaired) electrons. The maximum Gasteiger partial charge on any atom is 0.141 e. The highest BCUT2D eigenvalue weighted by atomic mass is 19.1. The fraction of sp³-hybridized carbons (Fsp3) is 0.286. The van der Waals surface area contributed by atoms with Crippen LogP contribution in [0, 0.1) is 5.82 Å². The molecule has 1 N–H and O–H groups in total. The minimum absolute atomic E-state index is 0.0383. The Labute approximate surface area is 106 Å². The first-order chi connectivity index (χ1) is 8.66. The van der Waals surface area contributed by atoms with Gasteiger partial charge in [-0.25, -0.2) is 4.39 Å². The Kier molecular flexibility index (Phi) is 3.99. The molecule has 0 saturated heterocycles. The SMILES string of the molecule is CC(N[C@@H](C)c1ccncc1)c1cncc(F)c1. The van der Waals surface area contributed by atoms with Gasteiger partial charge in [-0.3, -0.25) is 9.97 Å². The summed E-state index contributed by atoms with van der Waals surface area (Å²) in [4.78, 5) is 7.85. The van der Waals surface area contributed by atoms with Crippen molar-refractivity contribution in [2.24, 2.45) is 0 Å². The molecule has 0 aliphatic rings. The Hall–Kier alpha value is -1.81. The zero-order valence-corrected chi connectivity index (χ0v) is 10.5. The highest BCUT2D eigenvalue weighted by Crippen LogP contribution is 2.18. The maximum atomic E-state index is 13.1. The smallest absolute Gasteiger partial charge is 0.141 e. The molecule has 1 unspecified atom stereocenters. The number of nitrogens with zero attached hydrogens (tertiary/aromatic N) is 2. The predicted octanol–water partition coefficient (Wildman–Crippen LogP) is 3.03. The van der Waals surface area contributed by atoms with Crippen LogP contribution in [-0.4, -0.2) is 9.97 Å². The van der Waals surface area contributed by atoms with Crippen molar-refractivity contribution in [3.8, 4) is 0 Å². The third kappa shape index (κ3) is 3.11. The Morgan fingerprint density at radius 3 is 2.33 bits per heavy atom. The van der Waals surface area contributed by atoms with Crippen LogP contribution in [0.2, 0.25) is 0 Å². The van der Waals surface area contributed by atoms with Gasteiger partial charge in [0.05, 0.1) is 6.20 Å². The van der Waals surface area contributed by atoms with Crippen molar-refractivity contribution >= 4 is 0 Å². The number of aromatic nitrogens is 2. The van der Waals surface area contributed by atoms with E-state index in [1.807, 2.05) is 19.1 Å². The Morgan fingerprint density at radius 2 is 1.67 bits per heavy atom. The van der Waals surface area contributed by atoms with E-state index in [1.165, 1.54) is 12.3 Å². The molecule has 0 spiro atoms. The average molecular weight is 245 g/mol. The average Bonchev–Trinajstić information content (AvgIpc) is 2.39. The molecule has 0 aliphatic carbocycles. The second kappa shape index (κ2) is 5.69. The number of halogens is 1. The van der Waals surface area contributed by atoms with Gasteiger partial charge < -0.3 is 5.32 Å². The molecule has 0 fully saturated rings. The number of hydrogen-bond donors (Lipinski definition) is 1. The molecule has 4 heteroatoms. The lowest BCUT2D eigenvalue weighted by Crippen LogP contribution is -2.22. The third-order valence-corrected chi connectivity index (χ3v) is 2.93. The summed E-state index contributed by atoms with van der Waals surface area (Å²) in [5.41, 5.74) is 2.00. The van der Waals surface area contributed by atoms with Crippen molar-refractivity contribution < 1.29 is 4.39 Å². The topological polar surface area (TPSA) is 37.8 Å². The molecule has 2 aromatic rings. The molecule has 0 saturated carbocycles. The van der Waals surface area contributed by atoms with E-state index in [-0.39, 0.29) is 17.9 Å². The zero-order chi connectivity index (χ0) is 13.0. The van der Waals surface area contributed by atoms with Gasteiger partial charge in [0, 0.05) is 30.7 Å². The molecule has 3 nitrogen and oxygen atoms in total. The van der Waals surface area contributed by atoms with E-state index in [4.69, 9.17) is 0 Å². The monoisotopic (exact) mass is 245 g/mol. The maximum absolute atomic E-state index is 13.1. The summed E-state index contributed by atoms with van der Waals surface area (Å²) in [6, 6.07) is 5.65. The molecule has 2 heterocycles. The van der Waals surface area contributed by atoms with Gasteiger partial charge in [0.25, 0.3) is 0 Å². The van der Waals surface area contributed by atoms with Crippen molar-refractivity contribution in [3.05, 3.63) is 59.9 Å². The summed E-state index contributed by atoms with van der Waals surface area (Å²) in [6.07, 6.45) is 6.42. The third-order valence-electron chi connectivity index (χ3n) is 2.93.